The third-order valence-electron chi connectivity index (χ3n) is 7.29. The predicted molar refractivity (Wildman–Crippen MR) is 132 cm³/mol. The molecule has 0 bridgehead atoms. The minimum atomic E-state index is -1.09. The number of hydrogen-bond acceptors (Lipinski definition) is 4. The van der Waals surface area contributed by atoms with Gasteiger partial charge in [0.15, 0.2) is 0 Å². The summed E-state index contributed by atoms with van der Waals surface area (Å²) in [5.41, 5.74) is 0.939. The van der Waals surface area contributed by atoms with E-state index in [1.807, 2.05) is 12.1 Å². The number of rotatable bonds is 7. The maximum Gasteiger partial charge on any atom is 0.251 e. The molecular formula is C27H32F2N4O3. The van der Waals surface area contributed by atoms with Crippen LogP contribution < -0.4 is 16.0 Å². The Morgan fingerprint density at radius 1 is 1.00 bits per heavy atom. The van der Waals surface area contributed by atoms with Crippen LogP contribution in [-0.2, 0) is 20.8 Å². The lowest BCUT2D eigenvalue weighted by Crippen LogP contribution is -2.57. The Bertz CT molecular complexity index is 1120. The Kier molecular flexibility index (Phi) is 7.98. The third kappa shape index (κ3) is 5.26. The van der Waals surface area contributed by atoms with Crippen LogP contribution in [0.5, 0.6) is 0 Å². The Balaban J connectivity index is 1.68. The van der Waals surface area contributed by atoms with Crippen LogP contribution in [0.25, 0.3) is 0 Å². The summed E-state index contributed by atoms with van der Waals surface area (Å²) in [5.74, 6) is -3.21. The van der Waals surface area contributed by atoms with Gasteiger partial charge in [0.2, 0.25) is 11.8 Å². The highest BCUT2D eigenvalue weighted by Gasteiger charge is 2.42. The number of carbonyl (C=O) groups is 3. The molecule has 4 rings (SSSR count). The second-order valence-electron chi connectivity index (χ2n) is 9.51. The molecule has 1 heterocycles. The minimum absolute atomic E-state index is 0.0459. The van der Waals surface area contributed by atoms with Crippen LogP contribution in [0.1, 0.15) is 49.8 Å². The Hall–Kier alpha value is -3.33. The molecule has 9 heteroatoms. The lowest BCUT2D eigenvalue weighted by Gasteiger charge is -2.39. The van der Waals surface area contributed by atoms with Crippen molar-refractivity contribution in [2.24, 2.45) is 5.92 Å². The molecule has 2 aromatic rings. The van der Waals surface area contributed by atoms with Gasteiger partial charge in [0, 0.05) is 6.54 Å². The molecule has 3 N–H and O–H groups in total. The SMILES string of the molecule is CN[C@@H](C)C(=O)N[C@H](C(=O)N1CCc2ccccc2[C@H]1C(=O)Nc1c(F)cccc1F)C1CCCC1. The van der Waals surface area contributed by atoms with Gasteiger partial charge in [-0.15, -0.1) is 0 Å². The summed E-state index contributed by atoms with van der Waals surface area (Å²) in [6.45, 7) is 1.95. The van der Waals surface area contributed by atoms with E-state index in [1.165, 1.54) is 11.0 Å². The first-order valence-electron chi connectivity index (χ1n) is 12.4. The first-order chi connectivity index (χ1) is 17.3. The number of hydrogen-bond donors (Lipinski definition) is 3. The molecule has 1 saturated carbocycles. The van der Waals surface area contributed by atoms with Gasteiger partial charge < -0.3 is 20.9 Å². The summed E-state index contributed by atoms with van der Waals surface area (Å²) in [6.07, 6.45) is 4.05. The van der Waals surface area contributed by atoms with Gasteiger partial charge in [-0.1, -0.05) is 43.2 Å². The van der Waals surface area contributed by atoms with Crippen LogP contribution in [0, 0.1) is 17.6 Å². The number of halogens is 2. The predicted octanol–water partition coefficient (Wildman–Crippen LogP) is 3.31. The van der Waals surface area contributed by atoms with Crippen molar-refractivity contribution in [3.05, 3.63) is 65.2 Å². The molecule has 0 aromatic heterocycles. The van der Waals surface area contributed by atoms with E-state index in [2.05, 4.69) is 16.0 Å². The topological polar surface area (TPSA) is 90.5 Å². The fourth-order valence-corrected chi connectivity index (χ4v) is 5.16. The first-order valence-corrected chi connectivity index (χ1v) is 12.4. The molecular weight excluding hydrogens is 466 g/mol. The molecule has 0 unspecified atom stereocenters. The van der Waals surface area contributed by atoms with Crippen molar-refractivity contribution in [2.45, 2.75) is 57.2 Å². The van der Waals surface area contributed by atoms with Crippen LogP contribution in [0.3, 0.4) is 0 Å². The highest BCUT2D eigenvalue weighted by Crippen LogP contribution is 2.35. The average Bonchev–Trinajstić information content (AvgIpc) is 3.42. The molecule has 36 heavy (non-hydrogen) atoms. The van der Waals surface area contributed by atoms with Crippen molar-refractivity contribution in [2.75, 3.05) is 18.9 Å². The molecule has 0 saturated heterocycles. The maximum atomic E-state index is 14.3. The summed E-state index contributed by atoms with van der Waals surface area (Å²) in [5, 5.41) is 8.17. The fraction of sp³-hybridized carbons (Fsp3) is 0.444. The Morgan fingerprint density at radius 2 is 1.67 bits per heavy atom. The summed E-state index contributed by atoms with van der Waals surface area (Å²) in [7, 11) is 1.67. The fourth-order valence-electron chi connectivity index (χ4n) is 5.16. The van der Waals surface area contributed by atoms with Crippen molar-refractivity contribution in [1.29, 1.82) is 0 Å². The lowest BCUT2D eigenvalue weighted by atomic mass is 9.89. The van der Waals surface area contributed by atoms with E-state index in [4.69, 9.17) is 0 Å². The monoisotopic (exact) mass is 498 g/mol. The molecule has 2 aliphatic rings. The van der Waals surface area contributed by atoms with Crippen molar-refractivity contribution in [3.63, 3.8) is 0 Å². The summed E-state index contributed by atoms with van der Waals surface area (Å²) in [6, 6.07) is 8.21. The number of likely N-dealkylation sites (N-methyl/N-ethyl adjacent to an activating group) is 1. The van der Waals surface area contributed by atoms with Crippen LogP contribution in [0.15, 0.2) is 42.5 Å². The van der Waals surface area contributed by atoms with Crippen LogP contribution >= 0.6 is 0 Å². The van der Waals surface area contributed by atoms with Crippen LogP contribution in [0.2, 0.25) is 0 Å². The zero-order valence-electron chi connectivity index (χ0n) is 20.5. The zero-order valence-corrected chi connectivity index (χ0v) is 20.5. The lowest BCUT2D eigenvalue weighted by molar-refractivity contribution is -0.144. The van der Waals surface area contributed by atoms with E-state index in [-0.39, 0.29) is 24.3 Å². The van der Waals surface area contributed by atoms with Gasteiger partial charge in [-0.2, -0.15) is 0 Å². The summed E-state index contributed by atoms with van der Waals surface area (Å²) < 4.78 is 28.7. The number of nitrogens with zero attached hydrogens (tertiary/aromatic N) is 1. The molecule has 192 valence electrons. The van der Waals surface area contributed by atoms with Crippen molar-refractivity contribution < 1.29 is 23.2 Å². The van der Waals surface area contributed by atoms with Crippen LogP contribution in [0.4, 0.5) is 14.5 Å². The number of fused-ring (bicyclic) bond motifs is 1. The number of amides is 3. The number of benzene rings is 2. The molecule has 1 aliphatic heterocycles. The number of nitrogens with one attached hydrogen (secondary N) is 3. The van der Waals surface area contributed by atoms with E-state index < -0.39 is 41.4 Å². The first kappa shape index (κ1) is 25.8. The molecule has 0 radical (unpaired) electrons. The van der Waals surface area contributed by atoms with E-state index in [9.17, 15) is 23.2 Å². The Morgan fingerprint density at radius 3 is 2.33 bits per heavy atom. The van der Waals surface area contributed by atoms with Gasteiger partial charge in [0.25, 0.3) is 5.91 Å². The molecule has 1 aliphatic carbocycles. The molecule has 2 aromatic carbocycles. The molecule has 7 nitrogen and oxygen atoms in total. The summed E-state index contributed by atoms with van der Waals surface area (Å²) in [4.78, 5) is 41.7. The maximum absolute atomic E-state index is 14.3. The second kappa shape index (κ2) is 11.2. The highest BCUT2D eigenvalue weighted by atomic mass is 19.1. The quantitative estimate of drug-likeness (QED) is 0.546. The van der Waals surface area contributed by atoms with E-state index in [1.54, 1.807) is 26.1 Å². The normalized spacial score (nSPS) is 19.3. The second-order valence-corrected chi connectivity index (χ2v) is 9.51. The van der Waals surface area contributed by atoms with Crippen LogP contribution in [-0.4, -0.2) is 48.3 Å². The van der Waals surface area contributed by atoms with E-state index in [0.717, 1.165) is 43.4 Å². The number of anilines is 1. The number of carbonyl (C=O) groups excluding carboxylic acids is 3. The van der Waals surface area contributed by atoms with Gasteiger partial charge in [-0.3, -0.25) is 14.4 Å². The highest BCUT2D eigenvalue weighted by molar-refractivity contribution is 6.00. The van der Waals surface area contributed by atoms with Gasteiger partial charge in [0.1, 0.15) is 29.4 Å². The van der Waals surface area contributed by atoms with Gasteiger partial charge in [-0.25, -0.2) is 8.78 Å². The van der Waals surface area contributed by atoms with Gasteiger partial charge in [0.05, 0.1) is 6.04 Å². The molecule has 3 amide bonds. The smallest absolute Gasteiger partial charge is 0.251 e. The van der Waals surface area contributed by atoms with Gasteiger partial charge >= 0.3 is 0 Å². The average molecular weight is 499 g/mol. The molecule has 1 fully saturated rings. The zero-order chi connectivity index (χ0) is 25.8. The van der Waals surface area contributed by atoms with Crippen molar-refractivity contribution in [3.8, 4) is 0 Å². The standard InChI is InChI=1S/C27H32F2N4O3/c1-16(30-2)25(34)31-22(18-9-3-4-10-18)27(36)33-15-14-17-8-5-6-11-19(17)24(33)26(35)32-23-20(28)12-7-13-21(23)29/h5-8,11-13,16,18,22,24,30H,3-4,9-10,14-15H2,1-2H3,(H,31,34)(H,32,35)/t16-,22-,24-/m0/s1. The van der Waals surface area contributed by atoms with Crippen molar-refractivity contribution >= 4 is 23.4 Å². The Labute approximate surface area is 209 Å². The van der Waals surface area contributed by atoms with E-state index >= 15 is 0 Å². The largest absolute Gasteiger partial charge is 0.343 e. The van der Waals surface area contributed by atoms with E-state index in [0.29, 0.717) is 12.0 Å². The molecule has 0 spiro atoms. The van der Waals surface area contributed by atoms with Crippen molar-refractivity contribution in [1.82, 2.24) is 15.5 Å². The summed E-state index contributed by atoms with van der Waals surface area (Å²) >= 11 is 0. The number of para-hydroxylation sites is 1. The third-order valence-corrected chi connectivity index (χ3v) is 7.29. The minimum Gasteiger partial charge on any atom is -0.343 e. The molecule has 3 atom stereocenters. The van der Waals surface area contributed by atoms with Gasteiger partial charge in [-0.05, 0) is 62.4 Å².